The van der Waals surface area contributed by atoms with E-state index in [0.29, 0.717) is 48.7 Å². The summed E-state index contributed by atoms with van der Waals surface area (Å²) < 4.78 is 21.8. The summed E-state index contributed by atoms with van der Waals surface area (Å²) in [6.45, 7) is 15.8. The summed E-state index contributed by atoms with van der Waals surface area (Å²) in [6, 6.07) is 51.5. The first-order valence-electron chi connectivity index (χ1n) is 27.2. The van der Waals surface area contributed by atoms with Crippen LogP contribution >= 0.6 is 0 Å². The monoisotopic (exact) mass is 1050 g/mol. The van der Waals surface area contributed by atoms with Crippen molar-refractivity contribution in [2.24, 2.45) is 0 Å². The largest absolute Gasteiger partial charge is 0.462 e. The summed E-state index contributed by atoms with van der Waals surface area (Å²) in [6.07, 6.45) is 13.1. The summed E-state index contributed by atoms with van der Waals surface area (Å²) in [5.74, 6) is -1.11. The third kappa shape index (κ3) is 17.4. The average Bonchev–Trinajstić information content (AvgIpc) is 3.50. The fraction of sp³-hybridized carbons (Fsp3) is 0.294. The van der Waals surface area contributed by atoms with Crippen LogP contribution in [0.1, 0.15) is 103 Å². The number of benzene rings is 6. The second-order valence-corrected chi connectivity index (χ2v) is 19.3. The molecular weight excluding hydrogens is 973 g/mol. The van der Waals surface area contributed by atoms with Gasteiger partial charge in [-0.05, 0) is 213 Å². The van der Waals surface area contributed by atoms with Gasteiger partial charge in [0.05, 0.1) is 26.4 Å². The van der Waals surface area contributed by atoms with Gasteiger partial charge in [-0.2, -0.15) is 0 Å². The third-order valence-electron chi connectivity index (χ3n) is 13.8. The van der Waals surface area contributed by atoms with Crippen LogP contribution in [0.15, 0.2) is 192 Å². The molecule has 0 saturated heterocycles. The van der Waals surface area contributed by atoms with Crippen molar-refractivity contribution < 1.29 is 38.1 Å². The summed E-state index contributed by atoms with van der Waals surface area (Å²) in [7, 11) is 0. The van der Waals surface area contributed by atoms with Crippen molar-refractivity contribution in [2.75, 3.05) is 36.2 Å². The van der Waals surface area contributed by atoms with Crippen LogP contribution in [-0.2, 0) is 63.8 Å². The van der Waals surface area contributed by atoms with Gasteiger partial charge in [0.1, 0.15) is 0 Å². The van der Waals surface area contributed by atoms with Crippen molar-refractivity contribution in [3.63, 3.8) is 0 Å². The second-order valence-electron chi connectivity index (χ2n) is 19.3. The van der Waals surface area contributed by atoms with Crippen molar-refractivity contribution in [2.45, 2.75) is 107 Å². The van der Waals surface area contributed by atoms with Gasteiger partial charge >= 0.3 is 23.9 Å². The molecule has 0 unspecified atom stereocenters. The van der Waals surface area contributed by atoms with Gasteiger partial charge in [-0.15, -0.1) is 0 Å². The summed E-state index contributed by atoms with van der Waals surface area (Å²) >= 11 is 0. The van der Waals surface area contributed by atoms with Crippen LogP contribution in [0.3, 0.4) is 0 Å². The van der Waals surface area contributed by atoms with Crippen molar-refractivity contribution >= 4 is 58.0 Å². The van der Waals surface area contributed by atoms with Crippen molar-refractivity contribution in [3.05, 3.63) is 214 Å². The highest BCUT2D eigenvalue weighted by molar-refractivity contribution is 5.89. The first kappa shape index (κ1) is 59.0. The van der Waals surface area contributed by atoms with Gasteiger partial charge in [-0.25, -0.2) is 19.2 Å². The van der Waals surface area contributed by atoms with E-state index < -0.39 is 0 Å². The zero-order valence-corrected chi connectivity index (χ0v) is 46.8. The number of esters is 4. The van der Waals surface area contributed by atoms with Crippen LogP contribution in [0.5, 0.6) is 0 Å². The van der Waals surface area contributed by atoms with E-state index in [4.69, 9.17) is 18.9 Å². The Morgan fingerprint density at radius 1 is 0.308 bits per heavy atom. The molecular formula is C68H76N2O8. The number of hydrogen-bond acceptors (Lipinski definition) is 10. The van der Waals surface area contributed by atoms with E-state index in [2.05, 4.69) is 155 Å². The number of ether oxygens (including phenoxy) is 4. The molecule has 0 N–H and O–H groups in total. The van der Waals surface area contributed by atoms with E-state index in [1.807, 2.05) is 27.7 Å². The van der Waals surface area contributed by atoms with Crippen LogP contribution in [0.4, 0.5) is 34.1 Å². The third-order valence-corrected chi connectivity index (χ3v) is 13.8. The Kier molecular flexibility index (Phi) is 23.1. The maximum absolute atomic E-state index is 12.2. The Morgan fingerprint density at radius 2 is 0.487 bits per heavy atom. The zero-order valence-electron chi connectivity index (χ0n) is 46.8. The number of anilines is 6. The maximum Gasteiger partial charge on any atom is 0.333 e. The average molecular weight is 1050 g/mol. The van der Waals surface area contributed by atoms with Crippen LogP contribution in [-0.4, -0.2) is 50.3 Å². The number of aryl methyl sites for hydroxylation is 4. The van der Waals surface area contributed by atoms with Crippen LogP contribution < -0.4 is 9.80 Å². The lowest BCUT2D eigenvalue weighted by molar-refractivity contribution is -0.139. The molecule has 0 atom stereocenters. The van der Waals surface area contributed by atoms with E-state index >= 15 is 0 Å². The van der Waals surface area contributed by atoms with E-state index in [-0.39, 0.29) is 23.9 Å². The normalized spacial score (nSPS) is 11.9. The fourth-order valence-electron chi connectivity index (χ4n) is 8.44. The van der Waals surface area contributed by atoms with Gasteiger partial charge in [0, 0.05) is 56.4 Å². The molecule has 0 aliphatic heterocycles. The molecule has 0 spiro atoms. The van der Waals surface area contributed by atoms with Crippen molar-refractivity contribution in [3.8, 4) is 11.1 Å². The Balaban J connectivity index is 1.21. The highest BCUT2D eigenvalue weighted by Gasteiger charge is 2.17. The number of hydrogen-bond donors (Lipinski definition) is 0. The number of carbonyl (C=O) groups is 4. The number of carbonyl (C=O) groups excluding carboxylic acids is 4. The fourth-order valence-corrected chi connectivity index (χ4v) is 8.44. The van der Waals surface area contributed by atoms with E-state index in [1.165, 1.54) is 0 Å². The van der Waals surface area contributed by atoms with Gasteiger partial charge in [-0.3, -0.25) is 0 Å². The number of nitrogens with zero attached hydrogens (tertiary/aromatic N) is 2. The second kappa shape index (κ2) is 30.5. The SMILES string of the molecule is CC=C(C)C(=O)OCCCc1ccc(N(c2ccc(CCCOC(=O)C(C)=CC)cc2)c2ccc(-c3ccc(N(c4ccc(CCCOC(=O)C(C)=CC)cc4)c4ccc(CCCOC(=O)C(C)=CC)cc4)cc3)cc2)cc1. The van der Waals surface area contributed by atoms with Crippen molar-refractivity contribution in [1.82, 2.24) is 0 Å². The molecule has 0 fully saturated rings. The zero-order chi connectivity index (χ0) is 55.8. The van der Waals surface area contributed by atoms with Crippen LogP contribution in [0.25, 0.3) is 11.1 Å². The first-order chi connectivity index (χ1) is 37.8. The molecule has 10 nitrogen and oxygen atoms in total. The number of rotatable bonds is 27. The smallest absolute Gasteiger partial charge is 0.333 e. The minimum absolute atomic E-state index is 0.278. The summed E-state index contributed by atoms with van der Waals surface area (Å²) in [5, 5.41) is 0. The predicted octanol–water partition coefficient (Wildman–Crippen LogP) is 16.1. The Bertz CT molecular complexity index is 2650. The molecule has 406 valence electrons. The molecule has 0 bridgehead atoms. The van der Waals surface area contributed by atoms with Gasteiger partial charge in [0.2, 0.25) is 0 Å². The molecule has 0 aliphatic carbocycles. The lowest BCUT2D eigenvalue weighted by Crippen LogP contribution is -2.11. The van der Waals surface area contributed by atoms with Gasteiger partial charge in [-0.1, -0.05) is 97.1 Å². The quantitative estimate of drug-likeness (QED) is 0.0214. The molecule has 6 aromatic carbocycles. The molecule has 0 aromatic heterocycles. The minimum Gasteiger partial charge on any atom is -0.462 e. The summed E-state index contributed by atoms with van der Waals surface area (Å²) in [5.41, 5.74) is 15.2. The van der Waals surface area contributed by atoms with E-state index in [1.54, 1.807) is 52.0 Å². The van der Waals surface area contributed by atoms with E-state index in [0.717, 1.165) is 119 Å². The maximum atomic E-state index is 12.2. The molecule has 0 saturated carbocycles. The lowest BCUT2D eigenvalue weighted by Gasteiger charge is -2.27. The Labute approximate surface area is 462 Å². The molecule has 6 aromatic rings. The molecule has 6 rings (SSSR count). The molecule has 0 heterocycles. The van der Waals surface area contributed by atoms with Crippen LogP contribution in [0, 0.1) is 0 Å². The first-order valence-corrected chi connectivity index (χ1v) is 27.2. The van der Waals surface area contributed by atoms with Crippen LogP contribution in [0.2, 0.25) is 0 Å². The van der Waals surface area contributed by atoms with Gasteiger partial charge in [0.15, 0.2) is 0 Å². The highest BCUT2D eigenvalue weighted by Crippen LogP contribution is 2.39. The summed E-state index contributed by atoms with van der Waals surface area (Å²) in [4.78, 5) is 53.1. The number of allylic oxidation sites excluding steroid dienone is 4. The molecule has 10 heteroatoms. The Morgan fingerprint density at radius 3 is 0.667 bits per heavy atom. The molecule has 0 radical (unpaired) electrons. The topological polar surface area (TPSA) is 112 Å². The molecule has 0 amide bonds. The van der Waals surface area contributed by atoms with Gasteiger partial charge < -0.3 is 28.7 Å². The van der Waals surface area contributed by atoms with Crippen molar-refractivity contribution in [1.29, 1.82) is 0 Å². The standard InChI is InChI=1S/C68H76N2O8/c1-9-49(5)65(71)75-45-13-17-53-21-33-59(34-22-53)69(60-35-23-54(24-36-60)18-14-46-76-66(72)50(6)10-2)63-41-29-57(30-42-63)58-31-43-64(44-32-58)70(61-37-25-55(26-38-61)19-15-47-77-67(73)51(7)11-3)62-39-27-56(28-40-62)20-16-48-78-68(74)52(8)12-4/h9-12,21-44H,13-20,45-48H2,1-8H3. The molecule has 0 aliphatic rings. The van der Waals surface area contributed by atoms with Gasteiger partial charge in [0.25, 0.3) is 0 Å². The highest BCUT2D eigenvalue weighted by atomic mass is 16.5. The molecule has 78 heavy (non-hydrogen) atoms. The predicted molar refractivity (Wildman–Crippen MR) is 316 cm³/mol. The Hall–Kier alpha value is -8.24. The van der Waals surface area contributed by atoms with E-state index in [9.17, 15) is 19.2 Å². The lowest BCUT2D eigenvalue weighted by atomic mass is 10.0. The minimum atomic E-state index is -0.278.